The Morgan fingerprint density at radius 3 is 1.75 bits per heavy atom. The number of hydrogen-bond donors (Lipinski definition) is 0. The van der Waals surface area contributed by atoms with Crippen molar-refractivity contribution < 1.29 is 0 Å². The minimum absolute atomic E-state index is 1.04. The molecule has 3 heteroatoms. The third kappa shape index (κ3) is 2.96. The summed E-state index contributed by atoms with van der Waals surface area (Å²) in [4.78, 5) is 0. The molecule has 0 aliphatic carbocycles. The molecule has 1 atom stereocenters. The molecule has 0 spiro atoms. The molecule has 0 aliphatic heterocycles. The van der Waals surface area contributed by atoms with E-state index in [1.54, 1.807) is 0 Å². The van der Waals surface area contributed by atoms with Crippen LogP contribution < -0.4 is 0 Å². The van der Waals surface area contributed by atoms with Crippen LogP contribution in [0.4, 0.5) is 0 Å². The van der Waals surface area contributed by atoms with E-state index in [9.17, 15) is 0 Å². The second-order valence-corrected chi connectivity index (χ2v) is 7.18. The van der Waals surface area contributed by atoms with E-state index in [1.807, 2.05) is 0 Å². The van der Waals surface area contributed by atoms with Gasteiger partial charge in [0.05, 0.1) is 0 Å². The van der Waals surface area contributed by atoms with Gasteiger partial charge in [0, 0.05) is 0 Å². The van der Waals surface area contributed by atoms with Crippen molar-refractivity contribution in [3.63, 3.8) is 0 Å². The van der Waals surface area contributed by atoms with Gasteiger partial charge in [-0.1, -0.05) is 0 Å². The Kier molecular flexibility index (Phi) is 5.14. The van der Waals surface area contributed by atoms with Crippen molar-refractivity contribution in [3.05, 3.63) is 0 Å². The van der Waals surface area contributed by atoms with Gasteiger partial charge in [0.15, 0.2) is 0 Å². The van der Waals surface area contributed by atoms with Gasteiger partial charge in [0.2, 0.25) is 0 Å². The molecule has 0 aromatic heterocycles. The van der Waals surface area contributed by atoms with E-state index in [1.165, 1.54) is 0 Å². The molecule has 0 N–H and O–H groups in total. The monoisotopic (exact) mass is 197 g/mol. The third-order valence-electron chi connectivity index (χ3n) is 1.12. The standard InChI is InChI=1S/C5H13AsClN/c1-4-8(5-2)6(3)7/h4-5H2,1-3H3. The molecule has 0 heterocycles. The summed E-state index contributed by atoms with van der Waals surface area (Å²) in [7, 11) is 5.92. The molecule has 0 aromatic rings. The van der Waals surface area contributed by atoms with Crippen LogP contribution >= 0.6 is 9.95 Å². The third-order valence-corrected chi connectivity index (χ3v) is 5.05. The summed E-state index contributed by atoms with van der Waals surface area (Å²) in [6, 6.07) is 0. The number of halogens is 1. The quantitative estimate of drug-likeness (QED) is 0.623. The van der Waals surface area contributed by atoms with E-state index in [2.05, 4.69) is 23.4 Å². The maximum atomic E-state index is 5.92. The Bertz CT molecular complexity index is 54.4. The van der Waals surface area contributed by atoms with Crippen LogP contribution in [0.25, 0.3) is 0 Å². The normalized spacial score (nSPS) is 14.6. The summed E-state index contributed by atoms with van der Waals surface area (Å²) in [6.07, 6.45) is 0. The zero-order chi connectivity index (χ0) is 6.57. The minimum atomic E-state index is -1.04. The molecular weight excluding hydrogens is 184 g/mol. The van der Waals surface area contributed by atoms with E-state index in [-0.39, 0.29) is 0 Å². The van der Waals surface area contributed by atoms with Gasteiger partial charge >= 0.3 is 60.4 Å². The van der Waals surface area contributed by atoms with Gasteiger partial charge in [-0.2, -0.15) is 0 Å². The van der Waals surface area contributed by atoms with Crippen LogP contribution in [-0.4, -0.2) is 30.8 Å². The van der Waals surface area contributed by atoms with Gasteiger partial charge in [-0.15, -0.1) is 0 Å². The second kappa shape index (κ2) is 4.67. The molecule has 50 valence electrons. The average Bonchev–Trinajstić information content (AvgIpc) is 1.69. The SMILES string of the molecule is CCN(CC)[As](C)Cl. The van der Waals surface area contributed by atoms with Crippen molar-refractivity contribution in [2.75, 3.05) is 13.1 Å². The van der Waals surface area contributed by atoms with Crippen LogP contribution in [-0.2, 0) is 0 Å². The Balaban J connectivity index is 3.35. The predicted octanol–water partition coefficient (Wildman–Crippen LogP) is 1.68. The van der Waals surface area contributed by atoms with Crippen LogP contribution in [0.2, 0.25) is 5.71 Å². The van der Waals surface area contributed by atoms with E-state index >= 15 is 0 Å². The molecule has 0 saturated carbocycles. The van der Waals surface area contributed by atoms with Crippen LogP contribution in [0.1, 0.15) is 13.8 Å². The van der Waals surface area contributed by atoms with Gasteiger partial charge in [-0.25, -0.2) is 0 Å². The molecule has 0 rings (SSSR count). The van der Waals surface area contributed by atoms with Crippen LogP contribution in [0.15, 0.2) is 0 Å². The fraction of sp³-hybridized carbons (Fsp3) is 1.00. The van der Waals surface area contributed by atoms with Crippen molar-refractivity contribution in [2.45, 2.75) is 19.6 Å². The first-order valence-corrected chi connectivity index (χ1v) is 8.04. The van der Waals surface area contributed by atoms with Crippen LogP contribution in [0.3, 0.4) is 0 Å². The Morgan fingerprint density at radius 1 is 1.38 bits per heavy atom. The van der Waals surface area contributed by atoms with E-state index in [0.717, 1.165) is 13.1 Å². The molecule has 1 unspecified atom stereocenters. The molecular formula is C5H13AsClN. The molecule has 1 nitrogen and oxygen atoms in total. The number of rotatable bonds is 3. The van der Waals surface area contributed by atoms with E-state index < -0.39 is 13.9 Å². The molecule has 0 fully saturated rings. The molecule has 0 saturated heterocycles. The van der Waals surface area contributed by atoms with Gasteiger partial charge in [-0.3, -0.25) is 0 Å². The van der Waals surface area contributed by atoms with Crippen LogP contribution in [0, 0.1) is 0 Å². The first-order valence-electron chi connectivity index (χ1n) is 2.86. The average molecular weight is 198 g/mol. The molecule has 0 aliphatic rings. The summed E-state index contributed by atoms with van der Waals surface area (Å²) in [6.45, 7) is 6.52. The van der Waals surface area contributed by atoms with E-state index in [4.69, 9.17) is 9.95 Å². The summed E-state index contributed by atoms with van der Waals surface area (Å²) < 4.78 is 2.33. The van der Waals surface area contributed by atoms with Gasteiger partial charge < -0.3 is 0 Å². The van der Waals surface area contributed by atoms with Crippen molar-refractivity contribution in [1.82, 2.24) is 3.82 Å². The zero-order valence-electron chi connectivity index (χ0n) is 5.69. The summed E-state index contributed by atoms with van der Waals surface area (Å²) in [5.74, 6) is 0. The van der Waals surface area contributed by atoms with Gasteiger partial charge in [-0.05, 0) is 0 Å². The molecule has 0 amide bonds. The zero-order valence-corrected chi connectivity index (χ0v) is 8.32. The predicted molar refractivity (Wildman–Crippen MR) is 40.4 cm³/mol. The van der Waals surface area contributed by atoms with E-state index in [0.29, 0.717) is 0 Å². The van der Waals surface area contributed by atoms with Crippen molar-refractivity contribution >= 4 is 23.9 Å². The Hall–Kier alpha value is 0.808. The molecule has 8 heavy (non-hydrogen) atoms. The molecule has 0 bridgehead atoms. The number of nitrogens with zero attached hydrogens (tertiary/aromatic N) is 1. The number of hydrogen-bond acceptors (Lipinski definition) is 1. The summed E-state index contributed by atoms with van der Waals surface area (Å²) in [5.41, 5.74) is 2.14. The first kappa shape index (κ1) is 8.81. The maximum absolute atomic E-state index is 5.92. The van der Waals surface area contributed by atoms with Gasteiger partial charge in [0.1, 0.15) is 0 Å². The van der Waals surface area contributed by atoms with Crippen molar-refractivity contribution in [3.8, 4) is 0 Å². The first-order chi connectivity index (χ1) is 3.72. The molecule has 0 radical (unpaired) electrons. The summed E-state index contributed by atoms with van der Waals surface area (Å²) >= 11 is -1.04. The van der Waals surface area contributed by atoms with Crippen LogP contribution in [0.5, 0.6) is 0 Å². The summed E-state index contributed by atoms with van der Waals surface area (Å²) in [5, 5.41) is 0. The Morgan fingerprint density at radius 2 is 1.75 bits per heavy atom. The van der Waals surface area contributed by atoms with Gasteiger partial charge in [0.25, 0.3) is 0 Å². The fourth-order valence-corrected chi connectivity index (χ4v) is 3.36. The topological polar surface area (TPSA) is 3.24 Å². The van der Waals surface area contributed by atoms with Crippen molar-refractivity contribution in [2.24, 2.45) is 0 Å². The second-order valence-electron chi connectivity index (χ2n) is 1.58. The fourth-order valence-electron chi connectivity index (χ4n) is 0.613. The van der Waals surface area contributed by atoms with Crippen molar-refractivity contribution in [1.29, 1.82) is 0 Å². The molecule has 0 aromatic carbocycles. The Labute approximate surface area is 60.7 Å².